The van der Waals surface area contributed by atoms with E-state index in [0.717, 1.165) is 12.6 Å². The summed E-state index contributed by atoms with van der Waals surface area (Å²) in [6, 6.07) is 8.21. The van der Waals surface area contributed by atoms with Crippen LogP contribution in [0.3, 0.4) is 0 Å². The highest BCUT2D eigenvalue weighted by atomic mass is 19.4. The lowest BCUT2D eigenvalue weighted by Crippen LogP contribution is -2.47. The summed E-state index contributed by atoms with van der Waals surface area (Å²) < 4.78 is 60.9. The van der Waals surface area contributed by atoms with Gasteiger partial charge in [-0.15, -0.1) is 0 Å². The summed E-state index contributed by atoms with van der Waals surface area (Å²) in [7, 11) is 1.62. The number of piperazine rings is 1. The monoisotopic (exact) mass is 464 g/mol. The normalized spacial score (nSPS) is 17.9. The van der Waals surface area contributed by atoms with Gasteiger partial charge in [-0.3, -0.25) is 9.69 Å². The number of carbonyl (C=O) groups excluding carboxylic acids is 1. The summed E-state index contributed by atoms with van der Waals surface area (Å²) in [6.07, 6.45) is -3.33. The van der Waals surface area contributed by atoms with Crippen LogP contribution in [-0.4, -0.2) is 57.2 Å². The number of anilines is 3. The van der Waals surface area contributed by atoms with Crippen molar-refractivity contribution in [3.8, 4) is 0 Å². The molecule has 0 aliphatic carbocycles. The van der Waals surface area contributed by atoms with Crippen molar-refractivity contribution in [3.63, 3.8) is 0 Å². The lowest BCUT2D eigenvalue weighted by atomic mass is 10.1. The maximum absolute atomic E-state index is 14.2. The van der Waals surface area contributed by atoms with Gasteiger partial charge in [0.2, 0.25) is 0 Å². The van der Waals surface area contributed by atoms with Crippen LogP contribution in [-0.2, 0) is 15.7 Å². The summed E-state index contributed by atoms with van der Waals surface area (Å²) in [4.78, 5) is 16.1. The molecule has 33 heavy (non-hydrogen) atoms. The second kappa shape index (κ2) is 9.40. The number of fused-ring (bicyclic) bond motifs is 1. The smallest absolute Gasteiger partial charge is 0.383 e. The Hall–Kier alpha value is -3.11. The molecule has 1 saturated heterocycles. The van der Waals surface area contributed by atoms with Gasteiger partial charge in [0.25, 0.3) is 5.91 Å². The van der Waals surface area contributed by atoms with E-state index in [9.17, 15) is 22.4 Å². The van der Waals surface area contributed by atoms with Gasteiger partial charge in [0.15, 0.2) is 0 Å². The van der Waals surface area contributed by atoms with Crippen molar-refractivity contribution in [2.24, 2.45) is 0 Å². The zero-order valence-electron chi connectivity index (χ0n) is 18.0. The van der Waals surface area contributed by atoms with Crippen LogP contribution in [0.15, 0.2) is 42.6 Å². The molecule has 0 aromatic heterocycles. The molecule has 0 saturated carbocycles. The molecule has 6 nitrogen and oxygen atoms in total. The van der Waals surface area contributed by atoms with Crippen LogP contribution in [0.1, 0.15) is 11.1 Å². The maximum Gasteiger partial charge on any atom is 0.418 e. The van der Waals surface area contributed by atoms with Crippen molar-refractivity contribution in [1.29, 1.82) is 0 Å². The molecule has 4 rings (SSSR count). The topological polar surface area (TPSA) is 56.8 Å². The number of rotatable bonds is 6. The lowest BCUT2D eigenvalue weighted by molar-refractivity contribution is -0.137. The third-order valence-electron chi connectivity index (χ3n) is 5.79. The number of nitrogens with zero attached hydrogens (tertiary/aromatic N) is 2. The predicted octanol–water partition coefficient (Wildman–Crippen LogP) is 4.02. The Morgan fingerprint density at radius 1 is 1.15 bits per heavy atom. The van der Waals surface area contributed by atoms with Gasteiger partial charge < -0.3 is 20.3 Å². The molecule has 2 N–H and O–H groups in total. The number of amides is 1. The van der Waals surface area contributed by atoms with Crippen LogP contribution < -0.4 is 15.5 Å². The van der Waals surface area contributed by atoms with E-state index in [1.54, 1.807) is 18.1 Å². The van der Waals surface area contributed by atoms with Gasteiger partial charge >= 0.3 is 6.18 Å². The zero-order valence-corrected chi connectivity index (χ0v) is 18.0. The van der Waals surface area contributed by atoms with E-state index in [4.69, 9.17) is 4.74 Å². The fourth-order valence-corrected chi connectivity index (χ4v) is 4.06. The van der Waals surface area contributed by atoms with Gasteiger partial charge in [0, 0.05) is 63.0 Å². The summed E-state index contributed by atoms with van der Waals surface area (Å²) in [5, 5.41) is 5.27. The minimum absolute atomic E-state index is 0.0212. The van der Waals surface area contributed by atoms with Gasteiger partial charge in [-0.2, -0.15) is 13.2 Å². The van der Waals surface area contributed by atoms with Gasteiger partial charge in [-0.25, -0.2) is 4.39 Å². The second-order valence-electron chi connectivity index (χ2n) is 7.87. The molecule has 2 aliphatic rings. The fraction of sp³-hybridized carbons (Fsp3) is 0.348. The molecule has 2 aliphatic heterocycles. The average molecular weight is 464 g/mol. The standard InChI is InChI=1S/C23H24F4N4O2/c1-33-12-11-30-7-9-31(10-8-30)20-6-5-15(13-17(20)23(25,26)27)28-14-16-21-18(24)3-2-4-19(21)29-22(16)32/h2-6,13-14,28H,7-12H2,1H3,(H,29,32)/b16-14+. The highest BCUT2D eigenvalue weighted by Crippen LogP contribution is 2.39. The number of alkyl halides is 3. The summed E-state index contributed by atoms with van der Waals surface area (Å²) >= 11 is 0. The van der Waals surface area contributed by atoms with E-state index < -0.39 is 23.5 Å². The highest BCUT2D eigenvalue weighted by Gasteiger charge is 2.36. The van der Waals surface area contributed by atoms with Gasteiger partial charge in [0.05, 0.1) is 23.4 Å². The molecule has 2 aromatic rings. The van der Waals surface area contributed by atoms with E-state index in [2.05, 4.69) is 15.5 Å². The SMILES string of the molecule is COCCN1CCN(c2ccc(N/C=C3/C(=O)Nc4cccc(F)c43)cc2C(F)(F)F)CC1. The van der Waals surface area contributed by atoms with Gasteiger partial charge in [0.1, 0.15) is 5.82 Å². The largest absolute Gasteiger partial charge is 0.418 e. The van der Waals surface area contributed by atoms with Crippen molar-refractivity contribution in [2.45, 2.75) is 6.18 Å². The molecule has 0 bridgehead atoms. The number of ether oxygens (including phenoxy) is 1. The first-order valence-electron chi connectivity index (χ1n) is 10.5. The first-order chi connectivity index (χ1) is 15.8. The van der Waals surface area contributed by atoms with Crippen molar-refractivity contribution >= 4 is 28.5 Å². The molecule has 10 heteroatoms. The average Bonchev–Trinajstić information content (AvgIpc) is 3.12. The van der Waals surface area contributed by atoms with Crippen LogP contribution in [0.4, 0.5) is 34.6 Å². The quantitative estimate of drug-likeness (QED) is 0.500. The summed E-state index contributed by atoms with van der Waals surface area (Å²) in [5.41, 5.74) is -0.0679. The third kappa shape index (κ3) is 4.96. The number of benzene rings is 2. The molecule has 2 heterocycles. The molecule has 1 fully saturated rings. The van der Waals surface area contributed by atoms with Crippen LogP contribution in [0.2, 0.25) is 0 Å². The predicted molar refractivity (Wildman–Crippen MR) is 119 cm³/mol. The van der Waals surface area contributed by atoms with E-state index in [-0.39, 0.29) is 22.5 Å². The maximum atomic E-state index is 14.2. The number of carbonyl (C=O) groups is 1. The molecule has 0 atom stereocenters. The molecule has 2 aromatic carbocycles. The Morgan fingerprint density at radius 3 is 2.61 bits per heavy atom. The molecule has 0 spiro atoms. The van der Waals surface area contributed by atoms with Crippen molar-refractivity contribution in [3.05, 3.63) is 59.5 Å². The number of hydrogen-bond donors (Lipinski definition) is 2. The van der Waals surface area contributed by atoms with Crippen molar-refractivity contribution < 1.29 is 27.1 Å². The first kappa shape index (κ1) is 23.1. The molecular weight excluding hydrogens is 440 g/mol. The molecule has 0 radical (unpaired) electrons. The Balaban J connectivity index is 1.55. The lowest BCUT2D eigenvalue weighted by Gasteiger charge is -2.37. The van der Waals surface area contributed by atoms with Crippen molar-refractivity contribution in [2.75, 3.05) is 62.0 Å². The Labute approximate surface area is 188 Å². The Bertz CT molecular complexity index is 1060. The van der Waals surface area contributed by atoms with Gasteiger partial charge in [-0.05, 0) is 30.3 Å². The summed E-state index contributed by atoms with van der Waals surface area (Å²) in [6.45, 7) is 3.56. The number of methoxy groups -OCH3 is 1. The Kier molecular flexibility index (Phi) is 6.57. The van der Waals surface area contributed by atoms with Crippen LogP contribution in [0.25, 0.3) is 5.57 Å². The second-order valence-corrected chi connectivity index (χ2v) is 7.87. The van der Waals surface area contributed by atoms with Crippen molar-refractivity contribution in [1.82, 2.24) is 4.90 Å². The first-order valence-corrected chi connectivity index (χ1v) is 10.5. The molecule has 0 unspecified atom stereocenters. The van der Waals surface area contributed by atoms with Crippen LogP contribution in [0, 0.1) is 5.82 Å². The zero-order chi connectivity index (χ0) is 23.6. The molecule has 1 amide bonds. The molecular formula is C23H24F4N4O2. The minimum Gasteiger partial charge on any atom is -0.383 e. The number of nitrogens with one attached hydrogen (secondary N) is 2. The van der Waals surface area contributed by atoms with E-state index in [1.807, 2.05) is 0 Å². The fourth-order valence-electron chi connectivity index (χ4n) is 4.06. The number of hydrogen-bond acceptors (Lipinski definition) is 5. The van der Waals surface area contributed by atoms with E-state index in [1.165, 1.54) is 30.5 Å². The minimum atomic E-state index is -4.56. The van der Waals surface area contributed by atoms with Gasteiger partial charge in [-0.1, -0.05) is 6.07 Å². The third-order valence-corrected chi connectivity index (χ3v) is 5.79. The van der Waals surface area contributed by atoms with E-state index in [0.29, 0.717) is 38.5 Å². The summed E-state index contributed by atoms with van der Waals surface area (Å²) in [5.74, 6) is -1.11. The highest BCUT2D eigenvalue weighted by molar-refractivity contribution is 6.31. The number of halogens is 4. The van der Waals surface area contributed by atoms with E-state index >= 15 is 0 Å². The van der Waals surface area contributed by atoms with Crippen LogP contribution >= 0.6 is 0 Å². The Morgan fingerprint density at radius 2 is 1.91 bits per heavy atom. The molecule has 176 valence electrons. The van der Waals surface area contributed by atoms with Crippen LogP contribution in [0.5, 0.6) is 0 Å².